The van der Waals surface area contributed by atoms with Crippen molar-refractivity contribution in [3.8, 4) is 11.5 Å². The molecule has 1 saturated heterocycles. The predicted molar refractivity (Wildman–Crippen MR) is 162 cm³/mol. The van der Waals surface area contributed by atoms with Crippen molar-refractivity contribution in [3.05, 3.63) is 88.5 Å². The number of imidazole rings is 1. The Labute approximate surface area is 279 Å². The molecule has 4 aromatic rings. The highest BCUT2D eigenvalue weighted by atomic mass is 35.5. The van der Waals surface area contributed by atoms with E-state index < -0.39 is 23.9 Å². The average Bonchev–Trinajstić information content (AvgIpc) is 3.37. The van der Waals surface area contributed by atoms with Crippen LogP contribution in [0.5, 0.6) is 11.5 Å². The summed E-state index contributed by atoms with van der Waals surface area (Å²) < 4.78 is 21.2. The van der Waals surface area contributed by atoms with Crippen LogP contribution in [0.25, 0.3) is 11.0 Å². The summed E-state index contributed by atoms with van der Waals surface area (Å²) in [6.45, 7) is 3.78. The molecule has 0 radical (unpaired) electrons. The number of hydrogen-bond donors (Lipinski definition) is 1. The highest BCUT2D eigenvalue weighted by Gasteiger charge is 2.23. The molecule has 13 nitrogen and oxygen atoms in total. The third-order valence-electron chi connectivity index (χ3n) is 7.52. The highest BCUT2D eigenvalue weighted by Crippen LogP contribution is 2.32. The van der Waals surface area contributed by atoms with E-state index in [0.29, 0.717) is 29.0 Å². The first kappa shape index (κ1) is 37.2. The molecule has 5 rings (SSSR count). The van der Waals surface area contributed by atoms with Gasteiger partial charge in [0.2, 0.25) is 0 Å². The second-order valence-corrected chi connectivity index (χ2v) is 11.2. The molecule has 1 fully saturated rings. The fraction of sp³-hybridized carbons (Fsp3) is 0.303. The highest BCUT2D eigenvalue weighted by molar-refractivity contribution is 6.32. The summed E-state index contributed by atoms with van der Waals surface area (Å²) >= 11 is 6.40. The minimum atomic E-state index is -2.19. The first-order valence-corrected chi connectivity index (χ1v) is 15.0. The van der Waals surface area contributed by atoms with Gasteiger partial charge in [0, 0.05) is 25.6 Å². The number of methoxy groups -OCH3 is 1. The number of carbonyl (C=O) groups excluding carboxylic acids is 4. The SMILES string of the molecule is COc1cc2c(cc1Cl)nc(CC1CCN(CCc3ccc(O)cc3)CC1)n2Cc1ccc(F)cc1.O=C([O-])C(=O)[O-].O=C([O-])C(=O)[O-]. The predicted octanol–water partition coefficient (Wildman–Crippen LogP) is -0.939. The maximum absolute atomic E-state index is 13.5. The number of piperidine rings is 1. The van der Waals surface area contributed by atoms with E-state index in [-0.39, 0.29) is 5.82 Å². The molecule has 2 heterocycles. The molecule has 1 aliphatic rings. The standard InChI is InChI=1S/C29H31ClFN3O2.2C2H2O4/c1-36-28-18-27-26(17-25(28)30)32-29(34(27)19-22-2-6-23(31)7-3-22)16-21-11-14-33(15-12-21)13-10-20-4-8-24(35)9-5-20;2*3-1(4)2(5)6/h2-9,17-18,21,35H,10-16,19H2,1H3;2*(H,3,4)(H,5,6)/p-4. The minimum absolute atomic E-state index is 0.236. The molecule has 15 heteroatoms. The van der Waals surface area contributed by atoms with Crippen LogP contribution in [0.3, 0.4) is 0 Å². The Balaban J connectivity index is 0.000000446. The number of ether oxygens (including phenoxy) is 1. The minimum Gasteiger partial charge on any atom is -0.543 e. The topological polar surface area (TPSA) is 211 Å². The van der Waals surface area contributed by atoms with Gasteiger partial charge in [-0.05, 0) is 79.7 Å². The van der Waals surface area contributed by atoms with E-state index in [2.05, 4.69) is 9.47 Å². The molecule has 0 aliphatic carbocycles. The Bertz CT molecular complexity index is 1670. The zero-order valence-electron chi connectivity index (χ0n) is 25.7. The maximum Gasteiger partial charge on any atom is 0.139 e. The van der Waals surface area contributed by atoms with Crippen LogP contribution in [0, 0.1) is 11.7 Å². The van der Waals surface area contributed by atoms with Crippen molar-refractivity contribution >= 4 is 46.5 Å². The van der Waals surface area contributed by atoms with E-state index in [9.17, 15) is 9.50 Å². The van der Waals surface area contributed by atoms with E-state index in [0.717, 1.165) is 67.7 Å². The van der Waals surface area contributed by atoms with Gasteiger partial charge in [-0.25, -0.2) is 9.37 Å². The number of likely N-dealkylation sites (tertiary alicyclic amines) is 1. The molecule has 0 unspecified atom stereocenters. The zero-order valence-corrected chi connectivity index (χ0v) is 26.5. The lowest BCUT2D eigenvalue weighted by atomic mass is 9.93. The Morgan fingerprint density at radius 1 is 0.896 bits per heavy atom. The van der Waals surface area contributed by atoms with Crippen LogP contribution in [-0.2, 0) is 38.6 Å². The number of carboxylic acid groups (broad SMARTS) is 4. The van der Waals surface area contributed by atoms with Gasteiger partial charge in [0.25, 0.3) is 0 Å². The Kier molecular flexibility index (Phi) is 13.7. The number of benzene rings is 3. The molecule has 1 aliphatic heterocycles. The van der Waals surface area contributed by atoms with Crippen molar-refractivity contribution in [2.24, 2.45) is 5.92 Å². The molecule has 48 heavy (non-hydrogen) atoms. The fourth-order valence-corrected chi connectivity index (χ4v) is 5.29. The number of halogens is 2. The summed E-state index contributed by atoms with van der Waals surface area (Å²) in [5, 5.41) is 45.7. The molecule has 0 saturated carbocycles. The first-order valence-electron chi connectivity index (χ1n) is 14.6. The van der Waals surface area contributed by atoms with Crippen LogP contribution in [-0.4, -0.2) is 70.2 Å². The largest absolute Gasteiger partial charge is 0.543 e. The second-order valence-electron chi connectivity index (χ2n) is 10.8. The second kappa shape index (κ2) is 17.6. The van der Waals surface area contributed by atoms with E-state index in [1.165, 1.54) is 17.7 Å². The van der Waals surface area contributed by atoms with Crippen molar-refractivity contribution in [3.63, 3.8) is 0 Å². The van der Waals surface area contributed by atoms with Gasteiger partial charge in [-0.1, -0.05) is 35.9 Å². The summed E-state index contributed by atoms with van der Waals surface area (Å²) in [5.41, 5.74) is 4.10. The summed E-state index contributed by atoms with van der Waals surface area (Å²) in [5.74, 6) is -6.46. The van der Waals surface area contributed by atoms with E-state index in [1.54, 1.807) is 19.2 Å². The van der Waals surface area contributed by atoms with Gasteiger partial charge in [0.1, 0.15) is 23.1 Å². The molecule has 1 N–H and O–H groups in total. The van der Waals surface area contributed by atoms with Crippen LogP contribution in [0.2, 0.25) is 5.02 Å². The number of carbonyl (C=O) groups is 4. The average molecular weight is 684 g/mol. The number of aromatic nitrogens is 2. The van der Waals surface area contributed by atoms with Gasteiger partial charge in [-0.3, -0.25) is 0 Å². The first-order chi connectivity index (χ1) is 22.8. The summed E-state index contributed by atoms with van der Waals surface area (Å²) in [4.78, 5) is 43.2. The van der Waals surface area contributed by atoms with Gasteiger partial charge in [-0.2, -0.15) is 0 Å². The Hall–Kier alpha value is -5.21. The Morgan fingerprint density at radius 3 is 1.96 bits per heavy atom. The van der Waals surface area contributed by atoms with Gasteiger partial charge in [0.15, 0.2) is 0 Å². The molecular weight excluding hydrogens is 653 g/mol. The fourth-order valence-electron chi connectivity index (χ4n) is 5.06. The van der Waals surface area contributed by atoms with Crippen molar-refractivity contribution in [1.29, 1.82) is 0 Å². The van der Waals surface area contributed by atoms with Crippen LogP contribution in [0.4, 0.5) is 4.39 Å². The van der Waals surface area contributed by atoms with Crippen LogP contribution < -0.4 is 25.2 Å². The third kappa shape index (κ3) is 11.2. The Morgan fingerprint density at radius 2 is 1.44 bits per heavy atom. The number of fused-ring (bicyclic) bond motifs is 1. The van der Waals surface area contributed by atoms with Gasteiger partial charge in [-0.15, -0.1) is 0 Å². The molecule has 0 bridgehead atoms. The third-order valence-corrected chi connectivity index (χ3v) is 7.81. The molecule has 0 amide bonds. The number of phenolic OH excluding ortho intramolecular Hbond substituents is 1. The molecular formula is C33H31ClFN3O10-4. The summed E-state index contributed by atoms with van der Waals surface area (Å²) in [7, 11) is 1.62. The smallest absolute Gasteiger partial charge is 0.139 e. The molecule has 3 aromatic carbocycles. The molecule has 256 valence electrons. The van der Waals surface area contributed by atoms with Gasteiger partial charge >= 0.3 is 0 Å². The summed E-state index contributed by atoms with van der Waals surface area (Å²) in [6.07, 6.45) is 4.13. The lowest BCUT2D eigenvalue weighted by Gasteiger charge is -2.32. The quantitative estimate of drug-likeness (QED) is 0.223. The number of phenols is 1. The number of aliphatic carboxylic acids is 4. The number of rotatable bonds is 8. The summed E-state index contributed by atoms with van der Waals surface area (Å²) in [6, 6.07) is 18.0. The molecule has 0 spiro atoms. The van der Waals surface area contributed by atoms with E-state index in [4.69, 9.17) is 60.9 Å². The monoisotopic (exact) mass is 683 g/mol. The van der Waals surface area contributed by atoms with Crippen molar-refractivity contribution in [2.45, 2.75) is 32.2 Å². The normalized spacial score (nSPS) is 13.1. The lowest BCUT2D eigenvalue weighted by molar-refractivity contribution is -0.345. The van der Waals surface area contributed by atoms with Crippen LogP contribution in [0.1, 0.15) is 29.8 Å². The number of aromatic hydroxyl groups is 1. The van der Waals surface area contributed by atoms with E-state index >= 15 is 0 Å². The maximum atomic E-state index is 13.5. The van der Waals surface area contributed by atoms with Crippen LogP contribution >= 0.6 is 11.6 Å². The van der Waals surface area contributed by atoms with Crippen molar-refractivity contribution in [1.82, 2.24) is 14.5 Å². The zero-order chi connectivity index (χ0) is 35.4. The van der Waals surface area contributed by atoms with Crippen molar-refractivity contribution < 1.29 is 53.8 Å². The van der Waals surface area contributed by atoms with Gasteiger partial charge < -0.3 is 58.9 Å². The lowest BCUT2D eigenvalue weighted by Crippen LogP contribution is -2.42. The molecule has 1 aromatic heterocycles. The van der Waals surface area contributed by atoms with Gasteiger partial charge in [0.05, 0.1) is 47.0 Å². The number of hydrogen-bond acceptors (Lipinski definition) is 12. The number of nitrogens with zero attached hydrogens (tertiary/aromatic N) is 3. The number of carboxylic acids is 4. The van der Waals surface area contributed by atoms with Crippen LogP contribution in [0.15, 0.2) is 60.7 Å². The van der Waals surface area contributed by atoms with Crippen molar-refractivity contribution in [2.75, 3.05) is 26.7 Å². The van der Waals surface area contributed by atoms with E-state index in [1.807, 2.05) is 36.4 Å². The molecule has 0 atom stereocenters.